The number of halogens is 4. The average molecular weight is 398 g/mol. The Hall–Kier alpha value is 0.790. The van der Waals surface area contributed by atoms with Gasteiger partial charge in [-0.15, -0.1) is 0 Å². The van der Waals surface area contributed by atoms with Crippen LogP contribution in [0.2, 0.25) is 0 Å². The Morgan fingerprint density at radius 3 is 2.11 bits per heavy atom. The third-order valence-corrected chi connectivity index (χ3v) is 3.83. The third-order valence-electron chi connectivity index (χ3n) is 2.96. The van der Waals surface area contributed by atoms with Crippen molar-refractivity contribution < 1.29 is 22.1 Å². The highest BCUT2D eigenvalue weighted by Gasteiger charge is 2.62. The number of hydrogen-bond donors (Lipinski definition) is 0. The van der Waals surface area contributed by atoms with E-state index >= 15 is 0 Å². The van der Waals surface area contributed by atoms with Crippen molar-refractivity contribution in [3.63, 3.8) is 0 Å². The lowest BCUT2D eigenvalue weighted by Crippen LogP contribution is -2.50. The Labute approximate surface area is 122 Å². The van der Waals surface area contributed by atoms with Crippen LogP contribution in [-0.4, -0.2) is 18.6 Å². The molecular weight excluding hydrogens is 380 g/mol. The van der Waals surface area contributed by atoms with E-state index in [4.69, 9.17) is 8.92 Å². The zero-order valence-electron chi connectivity index (χ0n) is 10.9. The van der Waals surface area contributed by atoms with Gasteiger partial charge in [-0.2, -0.15) is 13.2 Å². The first kappa shape index (κ1) is 16.8. The topological polar surface area (TPSA) is 18.5 Å². The second-order valence-electron chi connectivity index (χ2n) is 6.37. The molecule has 1 rings (SSSR count). The van der Waals surface area contributed by atoms with E-state index in [-0.39, 0.29) is 18.4 Å². The molecule has 0 spiro atoms. The molecule has 1 fully saturated rings. The van der Waals surface area contributed by atoms with Gasteiger partial charge in [-0.25, -0.2) is 0 Å². The molecular formula is C11H18F3IO2S. The Morgan fingerprint density at radius 2 is 1.67 bits per heavy atom. The standard InChI is InChI=1S/C11H18F3IO2S/c1-8(2)5-9(3,4)7-16-10(6-8,17-18-15)11(12,13)14/h5-7H2,1-4H3. The van der Waals surface area contributed by atoms with Crippen LogP contribution >= 0.6 is 30.4 Å². The molecule has 0 saturated carbocycles. The molecule has 1 saturated heterocycles. The molecule has 1 aliphatic rings. The molecule has 0 aromatic carbocycles. The van der Waals surface area contributed by atoms with Crippen LogP contribution in [0.5, 0.6) is 0 Å². The Balaban J connectivity index is 3.12. The Morgan fingerprint density at radius 1 is 1.11 bits per heavy atom. The first-order chi connectivity index (χ1) is 7.93. The van der Waals surface area contributed by atoms with Gasteiger partial charge in [-0.1, -0.05) is 27.7 Å². The number of rotatable bonds is 2. The summed E-state index contributed by atoms with van der Waals surface area (Å²) in [6.45, 7) is 7.51. The molecule has 0 radical (unpaired) electrons. The van der Waals surface area contributed by atoms with Crippen molar-refractivity contribution in [1.82, 2.24) is 0 Å². The normalized spacial score (nSPS) is 32.0. The van der Waals surface area contributed by atoms with E-state index in [1.807, 2.05) is 27.7 Å². The highest BCUT2D eigenvalue weighted by Crippen LogP contribution is 2.52. The van der Waals surface area contributed by atoms with Crippen LogP contribution in [0.3, 0.4) is 0 Å². The van der Waals surface area contributed by atoms with Crippen LogP contribution < -0.4 is 0 Å². The lowest BCUT2D eigenvalue weighted by Gasteiger charge is -2.36. The molecule has 0 amide bonds. The van der Waals surface area contributed by atoms with E-state index in [9.17, 15) is 13.2 Å². The van der Waals surface area contributed by atoms with Crippen LogP contribution in [0, 0.1) is 10.8 Å². The molecule has 0 aromatic rings. The molecule has 0 aromatic heterocycles. The van der Waals surface area contributed by atoms with Crippen LogP contribution in [0.1, 0.15) is 40.5 Å². The van der Waals surface area contributed by atoms with Crippen molar-refractivity contribution in [2.24, 2.45) is 10.8 Å². The first-order valence-corrected chi connectivity index (χ1v) is 8.89. The number of alkyl halides is 3. The van der Waals surface area contributed by atoms with Crippen molar-refractivity contribution >= 4 is 30.4 Å². The second-order valence-corrected chi connectivity index (χ2v) is 7.74. The molecule has 1 aliphatic heterocycles. The van der Waals surface area contributed by atoms with Crippen LogP contribution in [0.15, 0.2) is 0 Å². The SMILES string of the molecule is CC1(C)COC(OSI)(C(F)(F)F)CC(C)(C)C1. The zero-order valence-corrected chi connectivity index (χ0v) is 13.8. The number of hydrogen-bond acceptors (Lipinski definition) is 3. The maximum Gasteiger partial charge on any atom is 0.444 e. The minimum atomic E-state index is -4.54. The van der Waals surface area contributed by atoms with Gasteiger partial charge in [0.25, 0.3) is 5.79 Å². The molecule has 7 heteroatoms. The molecule has 0 aliphatic carbocycles. The third kappa shape index (κ3) is 3.89. The smallest absolute Gasteiger partial charge is 0.341 e. The van der Waals surface area contributed by atoms with Gasteiger partial charge in [0.2, 0.25) is 0 Å². The molecule has 1 atom stereocenters. The first-order valence-electron chi connectivity index (χ1n) is 5.60. The highest BCUT2D eigenvalue weighted by atomic mass is 127. The molecule has 2 nitrogen and oxygen atoms in total. The van der Waals surface area contributed by atoms with Crippen molar-refractivity contribution in [1.29, 1.82) is 0 Å². The summed E-state index contributed by atoms with van der Waals surface area (Å²) in [4.78, 5) is 0. The van der Waals surface area contributed by atoms with Crippen LogP contribution in [0.4, 0.5) is 13.2 Å². The van der Waals surface area contributed by atoms with Gasteiger partial charge in [0.05, 0.1) is 15.8 Å². The largest absolute Gasteiger partial charge is 0.444 e. The Bertz CT molecular complexity index is 307. The van der Waals surface area contributed by atoms with Gasteiger partial charge in [-0.05, 0) is 17.3 Å². The fourth-order valence-electron chi connectivity index (χ4n) is 2.74. The van der Waals surface area contributed by atoms with E-state index < -0.39 is 17.4 Å². The molecule has 1 unspecified atom stereocenters. The van der Waals surface area contributed by atoms with Gasteiger partial charge in [-0.3, -0.25) is 4.18 Å². The van der Waals surface area contributed by atoms with Crippen LogP contribution in [-0.2, 0) is 8.92 Å². The minimum Gasteiger partial charge on any atom is -0.341 e. The van der Waals surface area contributed by atoms with E-state index in [0.29, 0.717) is 15.6 Å². The summed E-state index contributed by atoms with van der Waals surface area (Å²) >= 11 is 1.69. The van der Waals surface area contributed by atoms with Gasteiger partial charge in [0.15, 0.2) is 0 Å². The predicted octanol–water partition coefficient (Wildman–Crippen LogP) is 5.12. The quantitative estimate of drug-likeness (QED) is 0.475. The van der Waals surface area contributed by atoms with Gasteiger partial charge >= 0.3 is 6.18 Å². The van der Waals surface area contributed by atoms with Crippen LogP contribution in [0.25, 0.3) is 0 Å². The summed E-state index contributed by atoms with van der Waals surface area (Å²) in [7, 11) is 0.669. The van der Waals surface area contributed by atoms with Gasteiger partial charge in [0.1, 0.15) is 0 Å². The summed E-state index contributed by atoms with van der Waals surface area (Å²) in [5.74, 6) is -2.50. The predicted molar refractivity (Wildman–Crippen MR) is 74.2 cm³/mol. The summed E-state index contributed by atoms with van der Waals surface area (Å²) < 4.78 is 50.0. The average Bonchev–Trinajstić information content (AvgIpc) is 2.18. The lowest BCUT2D eigenvalue weighted by molar-refractivity contribution is -0.355. The fourth-order valence-corrected chi connectivity index (χ4v) is 3.91. The maximum absolute atomic E-state index is 13.3. The number of ether oxygens (including phenoxy) is 1. The highest BCUT2D eigenvalue weighted by molar-refractivity contribution is 14.2. The zero-order chi connectivity index (χ0) is 14.2. The molecule has 108 valence electrons. The van der Waals surface area contributed by atoms with Crippen molar-refractivity contribution in [2.45, 2.75) is 52.5 Å². The van der Waals surface area contributed by atoms with E-state index in [1.165, 1.54) is 0 Å². The van der Waals surface area contributed by atoms with E-state index in [0.717, 1.165) is 0 Å². The maximum atomic E-state index is 13.3. The van der Waals surface area contributed by atoms with Crippen molar-refractivity contribution in [3.05, 3.63) is 0 Å². The molecule has 1 heterocycles. The van der Waals surface area contributed by atoms with E-state index in [1.54, 1.807) is 21.2 Å². The molecule has 0 bridgehead atoms. The van der Waals surface area contributed by atoms with Gasteiger partial charge in [0, 0.05) is 27.6 Å². The fraction of sp³-hybridized carbons (Fsp3) is 1.00. The minimum absolute atomic E-state index is 0.0349. The summed E-state index contributed by atoms with van der Waals surface area (Å²) in [6.07, 6.45) is -4.07. The molecule has 18 heavy (non-hydrogen) atoms. The molecule has 0 N–H and O–H groups in total. The van der Waals surface area contributed by atoms with E-state index in [2.05, 4.69) is 0 Å². The van der Waals surface area contributed by atoms with Crippen molar-refractivity contribution in [2.75, 3.05) is 6.61 Å². The van der Waals surface area contributed by atoms with Crippen molar-refractivity contribution in [3.8, 4) is 0 Å². The monoisotopic (exact) mass is 398 g/mol. The summed E-state index contributed by atoms with van der Waals surface area (Å²) in [5.41, 5.74) is -0.794. The van der Waals surface area contributed by atoms with Gasteiger partial charge < -0.3 is 4.74 Å². The second kappa shape index (κ2) is 5.29. The summed E-state index contributed by atoms with van der Waals surface area (Å²) in [5, 5.41) is 0. The summed E-state index contributed by atoms with van der Waals surface area (Å²) in [6, 6.07) is 0. The Kier molecular flexibility index (Phi) is 4.95. The lowest BCUT2D eigenvalue weighted by atomic mass is 9.73.